The van der Waals surface area contributed by atoms with Crippen molar-refractivity contribution in [2.45, 2.75) is 43.0 Å². The highest BCUT2D eigenvalue weighted by atomic mass is 19.4. The molecule has 0 spiro atoms. The van der Waals surface area contributed by atoms with Gasteiger partial charge in [0.1, 0.15) is 0 Å². The Kier molecular flexibility index (Phi) is 5.44. The number of amides is 1. The molecule has 5 atom stereocenters. The van der Waals surface area contributed by atoms with E-state index in [-0.39, 0.29) is 12.0 Å². The van der Waals surface area contributed by atoms with Gasteiger partial charge in [0.2, 0.25) is 5.91 Å². The van der Waals surface area contributed by atoms with E-state index >= 15 is 0 Å². The van der Waals surface area contributed by atoms with Crippen molar-refractivity contribution < 1.29 is 45.4 Å². The number of aliphatic hydroxyl groups excluding tert-OH is 1. The summed E-state index contributed by atoms with van der Waals surface area (Å²) in [5, 5.41) is 12.3. The molecule has 172 valence electrons. The molecule has 5 unspecified atom stereocenters. The van der Waals surface area contributed by atoms with Crippen LogP contribution in [0.1, 0.15) is 29.0 Å². The molecule has 0 saturated carbocycles. The van der Waals surface area contributed by atoms with E-state index < -0.39 is 71.0 Å². The molecule has 2 aromatic carbocycles. The third-order valence-electron chi connectivity index (χ3n) is 5.79. The van der Waals surface area contributed by atoms with E-state index in [2.05, 4.69) is 5.32 Å². The van der Waals surface area contributed by atoms with Crippen LogP contribution in [0, 0.1) is 11.7 Å². The summed E-state index contributed by atoms with van der Waals surface area (Å²) in [5.41, 5.74) is -3.16. The number of carbonyl (C=O) groups excluding carboxylic acids is 1. The topological polar surface area (TPSA) is 58.6 Å². The number of fused-ring (bicyclic) bond motifs is 2. The number of hydrogen-bond donors (Lipinski definition) is 2. The Morgan fingerprint density at radius 2 is 1.72 bits per heavy atom. The van der Waals surface area contributed by atoms with Crippen molar-refractivity contribution in [2.75, 3.05) is 5.32 Å². The Bertz CT molecular complexity index is 1040. The van der Waals surface area contributed by atoms with Crippen LogP contribution in [0.5, 0.6) is 0 Å². The fourth-order valence-electron chi connectivity index (χ4n) is 4.43. The van der Waals surface area contributed by atoms with E-state index in [0.717, 1.165) is 30.3 Å². The van der Waals surface area contributed by atoms with E-state index in [1.807, 2.05) is 0 Å². The molecule has 2 aliphatic heterocycles. The Morgan fingerprint density at radius 3 is 2.38 bits per heavy atom. The first-order valence-electron chi connectivity index (χ1n) is 9.55. The van der Waals surface area contributed by atoms with E-state index in [4.69, 9.17) is 4.74 Å². The molecule has 2 aromatic rings. The van der Waals surface area contributed by atoms with Crippen LogP contribution in [0.15, 0.2) is 42.5 Å². The summed E-state index contributed by atoms with van der Waals surface area (Å²) in [4.78, 5) is 12.9. The van der Waals surface area contributed by atoms with Crippen LogP contribution in [0.4, 0.5) is 36.4 Å². The molecule has 0 aromatic heterocycles. The number of nitrogens with one attached hydrogen (secondary N) is 1. The highest BCUT2D eigenvalue weighted by molar-refractivity contribution is 5.94. The van der Waals surface area contributed by atoms with E-state index in [9.17, 15) is 40.6 Å². The Balaban J connectivity index is 1.66. The molecule has 2 fully saturated rings. The highest BCUT2D eigenvalue weighted by Gasteiger charge is 2.57. The van der Waals surface area contributed by atoms with Crippen molar-refractivity contribution in [3.05, 3.63) is 65.0 Å². The van der Waals surface area contributed by atoms with Crippen LogP contribution >= 0.6 is 0 Å². The SMILES string of the molecule is O=C(Nc1cccc(C(F)(F)F)c1F)C1C2CC(O)C(O2)C1c1cccc(C(F)(F)F)c1. The van der Waals surface area contributed by atoms with E-state index in [0.29, 0.717) is 6.07 Å². The van der Waals surface area contributed by atoms with Crippen molar-refractivity contribution in [1.82, 2.24) is 0 Å². The van der Waals surface area contributed by atoms with Gasteiger partial charge in [-0.25, -0.2) is 4.39 Å². The van der Waals surface area contributed by atoms with Gasteiger partial charge in [-0.1, -0.05) is 24.3 Å². The number of benzene rings is 2. The second-order valence-electron chi connectivity index (χ2n) is 7.77. The van der Waals surface area contributed by atoms with Gasteiger partial charge in [0, 0.05) is 12.3 Å². The third kappa shape index (κ3) is 3.95. The Labute approximate surface area is 177 Å². The largest absolute Gasteiger partial charge is 0.419 e. The first kappa shape index (κ1) is 22.5. The lowest BCUT2D eigenvalue weighted by atomic mass is 9.73. The van der Waals surface area contributed by atoms with Crippen LogP contribution in [0.2, 0.25) is 0 Å². The predicted octanol–water partition coefficient (Wildman–Crippen LogP) is 4.73. The first-order chi connectivity index (χ1) is 14.9. The minimum atomic E-state index is -4.98. The third-order valence-corrected chi connectivity index (χ3v) is 5.79. The van der Waals surface area contributed by atoms with Crippen LogP contribution < -0.4 is 5.32 Å². The number of rotatable bonds is 3. The van der Waals surface area contributed by atoms with Gasteiger partial charge in [-0.2, -0.15) is 26.3 Å². The van der Waals surface area contributed by atoms with Crippen LogP contribution in [-0.4, -0.2) is 29.3 Å². The fraction of sp³-hybridized carbons (Fsp3) is 0.381. The molecule has 2 N–H and O–H groups in total. The van der Waals surface area contributed by atoms with Gasteiger partial charge in [0.25, 0.3) is 0 Å². The molecule has 4 rings (SSSR count). The molecule has 4 nitrogen and oxygen atoms in total. The molecule has 2 heterocycles. The minimum absolute atomic E-state index is 0.0172. The normalized spacial score (nSPS) is 27.6. The zero-order chi connectivity index (χ0) is 23.4. The summed E-state index contributed by atoms with van der Waals surface area (Å²) >= 11 is 0. The average molecular weight is 463 g/mol. The summed E-state index contributed by atoms with van der Waals surface area (Å²) in [6.45, 7) is 0. The first-order valence-corrected chi connectivity index (χ1v) is 9.55. The zero-order valence-electron chi connectivity index (χ0n) is 16.0. The van der Waals surface area contributed by atoms with Gasteiger partial charge in [-0.05, 0) is 23.8 Å². The molecule has 2 bridgehead atoms. The number of aliphatic hydroxyl groups is 1. The lowest BCUT2D eigenvalue weighted by molar-refractivity contribution is -0.140. The number of hydrogen-bond acceptors (Lipinski definition) is 3. The fourth-order valence-corrected chi connectivity index (χ4v) is 4.43. The van der Waals surface area contributed by atoms with Gasteiger partial charge < -0.3 is 15.2 Å². The van der Waals surface area contributed by atoms with E-state index in [1.165, 1.54) is 6.07 Å². The lowest BCUT2D eigenvalue weighted by Crippen LogP contribution is -2.41. The van der Waals surface area contributed by atoms with Crippen molar-refractivity contribution >= 4 is 11.6 Å². The zero-order valence-corrected chi connectivity index (χ0v) is 16.0. The second kappa shape index (κ2) is 7.73. The minimum Gasteiger partial charge on any atom is -0.390 e. The maximum absolute atomic E-state index is 14.3. The summed E-state index contributed by atoms with van der Waals surface area (Å²) in [6.07, 6.45) is -12.5. The molecule has 2 aliphatic rings. The van der Waals surface area contributed by atoms with Crippen molar-refractivity contribution in [3.8, 4) is 0 Å². The van der Waals surface area contributed by atoms with Crippen molar-refractivity contribution in [2.24, 2.45) is 5.92 Å². The van der Waals surface area contributed by atoms with Crippen molar-refractivity contribution in [3.63, 3.8) is 0 Å². The number of ether oxygens (including phenoxy) is 1. The molecular weight excluding hydrogens is 447 g/mol. The Morgan fingerprint density at radius 1 is 1.03 bits per heavy atom. The predicted molar refractivity (Wildman–Crippen MR) is 97.0 cm³/mol. The second-order valence-corrected chi connectivity index (χ2v) is 7.77. The summed E-state index contributed by atoms with van der Waals surface area (Å²) in [7, 11) is 0. The molecular formula is C21H16F7NO3. The number of anilines is 1. The van der Waals surface area contributed by atoms with Crippen LogP contribution in [0.25, 0.3) is 0 Å². The standard InChI is InChI=1S/C21H16F7NO3/c22-17-11(21(26,27)28)5-2-6-12(17)29-19(31)16-14-8-13(30)18(32-14)15(16)9-3-1-4-10(7-9)20(23,24)25/h1-7,13-16,18,30H,8H2,(H,29,31). The number of halogens is 7. The van der Waals surface area contributed by atoms with Crippen molar-refractivity contribution in [1.29, 1.82) is 0 Å². The molecule has 1 amide bonds. The lowest BCUT2D eigenvalue weighted by Gasteiger charge is -2.30. The maximum atomic E-state index is 14.3. The Hall–Kier alpha value is -2.66. The van der Waals surface area contributed by atoms with E-state index in [1.54, 1.807) is 0 Å². The van der Waals surface area contributed by atoms with Gasteiger partial charge in [-0.15, -0.1) is 0 Å². The smallest absolute Gasteiger partial charge is 0.390 e. The average Bonchev–Trinajstić information content (AvgIpc) is 3.25. The number of carbonyl (C=O) groups is 1. The molecule has 0 aliphatic carbocycles. The van der Waals surface area contributed by atoms with Gasteiger partial charge in [0.15, 0.2) is 5.82 Å². The van der Waals surface area contributed by atoms with Crippen LogP contribution in [-0.2, 0) is 21.9 Å². The summed E-state index contributed by atoms with van der Waals surface area (Å²) in [6, 6.07) is 6.58. The molecule has 0 radical (unpaired) electrons. The molecule has 32 heavy (non-hydrogen) atoms. The molecule has 2 saturated heterocycles. The number of alkyl halides is 6. The van der Waals surface area contributed by atoms with Gasteiger partial charge in [-0.3, -0.25) is 4.79 Å². The molecule has 11 heteroatoms. The maximum Gasteiger partial charge on any atom is 0.419 e. The van der Waals surface area contributed by atoms with Gasteiger partial charge in [0.05, 0.1) is 41.0 Å². The highest BCUT2D eigenvalue weighted by Crippen LogP contribution is 2.50. The van der Waals surface area contributed by atoms with Gasteiger partial charge >= 0.3 is 12.4 Å². The quantitative estimate of drug-likeness (QED) is 0.647. The van der Waals surface area contributed by atoms with Crippen LogP contribution in [0.3, 0.4) is 0 Å². The monoisotopic (exact) mass is 463 g/mol. The summed E-state index contributed by atoms with van der Waals surface area (Å²) < 4.78 is 98.2. The summed E-state index contributed by atoms with van der Waals surface area (Å²) in [5.74, 6) is -4.72.